The molecule has 1 unspecified atom stereocenters. The lowest BCUT2D eigenvalue weighted by molar-refractivity contribution is 0.0505. The maximum absolute atomic E-state index is 13.3. The summed E-state index contributed by atoms with van der Waals surface area (Å²) in [7, 11) is 0. The van der Waals surface area contributed by atoms with Crippen LogP contribution in [0.1, 0.15) is 46.5 Å². The molecule has 1 amide bonds. The summed E-state index contributed by atoms with van der Waals surface area (Å²) in [6.45, 7) is 9.54. The number of benzene rings is 1. The Hall–Kier alpha value is -3.42. The third kappa shape index (κ3) is 4.76. The zero-order valence-corrected chi connectivity index (χ0v) is 17.8. The first-order chi connectivity index (χ1) is 14.2. The number of ether oxygens (including phenoxy) is 2. The average molecular weight is 410 g/mol. The van der Waals surface area contributed by atoms with Crippen LogP contribution in [-0.2, 0) is 4.74 Å². The fourth-order valence-electron chi connectivity index (χ4n) is 2.98. The highest BCUT2D eigenvalue weighted by atomic mass is 16.6. The van der Waals surface area contributed by atoms with E-state index in [-0.39, 0.29) is 5.56 Å². The summed E-state index contributed by atoms with van der Waals surface area (Å²) in [5.74, 6) is 1.05. The number of carbonyl (C=O) groups excluding carboxylic acids is 1. The van der Waals surface area contributed by atoms with E-state index in [4.69, 9.17) is 9.47 Å². The fraction of sp³-hybridized carbons (Fsp3) is 0.364. The van der Waals surface area contributed by atoms with Crippen LogP contribution in [-0.4, -0.2) is 32.8 Å². The molecule has 0 saturated carbocycles. The van der Waals surface area contributed by atoms with Gasteiger partial charge in [-0.15, -0.1) is 0 Å². The number of carbonyl (C=O) groups is 1. The predicted octanol–water partition coefficient (Wildman–Crippen LogP) is 3.77. The molecule has 0 spiro atoms. The van der Waals surface area contributed by atoms with Crippen molar-refractivity contribution in [3.8, 4) is 11.4 Å². The molecule has 0 aliphatic heterocycles. The Balaban J connectivity index is 2.09. The Labute approximate surface area is 174 Å². The second-order valence-electron chi connectivity index (χ2n) is 7.78. The van der Waals surface area contributed by atoms with Gasteiger partial charge in [0, 0.05) is 6.20 Å². The van der Waals surface area contributed by atoms with Crippen molar-refractivity contribution >= 4 is 17.1 Å². The molecule has 1 atom stereocenters. The number of hydrogen-bond acceptors (Lipinski definition) is 6. The van der Waals surface area contributed by atoms with E-state index >= 15 is 0 Å². The molecule has 30 heavy (non-hydrogen) atoms. The van der Waals surface area contributed by atoms with Crippen molar-refractivity contribution in [3.05, 3.63) is 58.8 Å². The molecule has 8 heteroatoms. The number of hydrogen-bond donors (Lipinski definition) is 1. The zero-order valence-electron chi connectivity index (χ0n) is 17.8. The number of nitrogens with one attached hydrogen (secondary N) is 1. The molecule has 0 bridgehead atoms. The quantitative estimate of drug-likeness (QED) is 0.688. The smallest absolute Gasteiger partial charge is 0.408 e. The second kappa shape index (κ2) is 8.52. The standard InChI is InChI=1S/C22H26N4O4/c1-6-29-16-11-9-15(10-12-16)26-19(14(2)24-21(28)30-22(3,4)5)25-18-17(20(26)27)8-7-13-23-18/h7-14H,6H2,1-5H3,(H,24,28). The van der Waals surface area contributed by atoms with E-state index in [0.717, 1.165) is 0 Å². The van der Waals surface area contributed by atoms with Gasteiger partial charge < -0.3 is 14.8 Å². The van der Waals surface area contributed by atoms with Crippen LogP contribution in [0.3, 0.4) is 0 Å². The molecular weight excluding hydrogens is 384 g/mol. The monoisotopic (exact) mass is 410 g/mol. The van der Waals surface area contributed by atoms with Crippen molar-refractivity contribution in [2.45, 2.75) is 46.3 Å². The van der Waals surface area contributed by atoms with Crippen LogP contribution in [0.5, 0.6) is 5.75 Å². The van der Waals surface area contributed by atoms with Crippen LogP contribution < -0.4 is 15.6 Å². The Morgan fingerprint density at radius 3 is 2.53 bits per heavy atom. The Morgan fingerprint density at radius 2 is 1.90 bits per heavy atom. The molecular formula is C22H26N4O4. The van der Waals surface area contributed by atoms with Crippen molar-refractivity contribution in [1.29, 1.82) is 0 Å². The van der Waals surface area contributed by atoms with Gasteiger partial charge in [-0.25, -0.2) is 14.8 Å². The van der Waals surface area contributed by atoms with Crippen LogP contribution >= 0.6 is 0 Å². The van der Waals surface area contributed by atoms with Crippen molar-refractivity contribution in [3.63, 3.8) is 0 Å². The first-order valence-electron chi connectivity index (χ1n) is 9.80. The first-order valence-corrected chi connectivity index (χ1v) is 9.80. The zero-order chi connectivity index (χ0) is 21.9. The number of pyridine rings is 1. The van der Waals surface area contributed by atoms with Crippen LogP contribution in [0, 0.1) is 0 Å². The number of rotatable bonds is 5. The van der Waals surface area contributed by atoms with Gasteiger partial charge in [-0.2, -0.15) is 0 Å². The molecule has 1 aromatic carbocycles. The van der Waals surface area contributed by atoms with Crippen molar-refractivity contribution < 1.29 is 14.3 Å². The first kappa shape index (κ1) is 21.3. The van der Waals surface area contributed by atoms with Gasteiger partial charge in [-0.1, -0.05) is 0 Å². The number of nitrogens with zero attached hydrogens (tertiary/aromatic N) is 3. The molecule has 2 heterocycles. The van der Waals surface area contributed by atoms with E-state index in [9.17, 15) is 9.59 Å². The van der Waals surface area contributed by atoms with Gasteiger partial charge in [0.15, 0.2) is 5.65 Å². The van der Waals surface area contributed by atoms with Crippen LogP contribution in [0.2, 0.25) is 0 Å². The van der Waals surface area contributed by atoms with E-state index in [1.807, 2.05) is 6.92 Å². The van der Waals surface area contributed by atoms with Gasteiger partial charge >= 0.3 is 6.09 Å². The maximum atomic E-state index is 13.3. The van der Waals surface area contributed by atoms with Gasteiger partial charge in [0.1, 0.15) is 17.2 Å². The SMILES string of the molecule is CCOc1ccc(-n2c(C(C)NC(=O)OC(C)(C)C)nc3ncccc3c2=O)cc1. The topological polar surface area (TPSA) is 95.3 Å². The molecule has 3 rings (SSSR count). The van der Waals surface area contributed by atoms with E-state index in [1.54, 1.807) is 70.3 Å². The summed E-state index contributed by atoms with van der Waals surface area (Å²) in [6, 6.07) is 9.89. The Kier molecular flexibility index (Phi) is 6.05. The van der Waals surface area contributed by atoms with E-state index < -0.39 is 17.7 Å². The summed E-state index contributed by atoms with van der Waals surface area (Å²) < 4.78 is 12.3. The molecule has 0 saturated heterocycles. The van der Waals surface area contributed by atoms with E-state index in [0.29, 0.717) is 34.9 Å². The highest BCUT2D eigenvalue weighted by Crippen LogP contribution is 2.20. The molecule has 8 nitrogen and oxygen atoms in total. The molecule has 0 fully saturated rings. The third-order valence-electron chi connectivity index (χ3n) is 4.20. The fourth-order valence-corrected chi connectivity index (χ4v) is 2.98. The van der Waals surface area contributed by atoms with Gasteiger partial charge in [-0.05, 0) is 71.0 Å². The maximum Gasteiger partial charge on any atom is 0.408 e. The predicted molar refractivity (Wildman–Crippen MR) is 114 cm³/mol. The highest BCUT2D eigenvalue weighted by molar-refractivity contribution is 5.74. The van der Waals surface area contributed by atoms with Crippen LogP contribution in [0.15, 0.2) is 47.4 Å². The molecule has 0 aliphatic carbocycles. The second-order valence-corrected chi connectivity index (χ2v) is 7.78. The van der Waals surface area contributed by atoms with Crippen molar-refractivity contribution in [2.24, 2.45) is 0 Å². The number of amides is 1. The van der Waals surface area contributed by atoms with Crippen LogP contribution in [0.25, 0.3) is 16.7 Å². The Bertz CT molecular complexity index is 1100. The van der Waals surface area contributed by atoms with Gasteiger partial charge in [0.05, 0.1) is 23.7 Å². The van der Waals surface area contributed by atoms with E-state index in [2.05, 4.69) is 15.3 Å². The van der Waals surface area contributed by atoms with Crippen LogP contribution in [0.4, 0.5) is 4.79 Å². The van der Waals surface area contributed by atoms with Gasteiger partial charge in [-0.3, -0.25) is 9.36 Å². The lowest BCUT2D eigenvalue weighted by Crippen LogP contribution is -2.37. The average Bonchev–Trinajstić information content (AvgIpc) is 2.67. The summed E-state index contributed by atoms with van der Waals surface area (Å²) in [4.78, 5) is 34.3. The van der Waals surface area contributed by atoms with Gasteiger partial charge in [0.2, 0.25) is 0 Å². The number of alkyl carbamates (subject to hydrolysis) is 1. The van der Waals surface area contributed by atoms with Gasteiger partial charge in [0.25, 0.3) is 5.56 Å². The molecule has 0 radical (unpaired) electrons. The summed E-state index contributed by atoms with van der Waals surface area (Å²) in [6.07, 6.45) is 0.981. The minimum absolute atomic E-state index is 0.273. The van der Waals surface area contributed by atoms with Crippen molar-refractivity contribution in [1.82, 2.24) is 19.9 Å². The summed E-state index contributed by atoms with van der Waals surface area (Å²) >= 11 is 0. The summed E-state index contributed by atoms with van der Waals surface area (Å²) in [5, 5.41) is 3.14. The molecule has 158 valence electrons. The van der Waals surface area contributed by atoms with Crippen molar-refractivity contribution in [2.75, 3.05) is 6.61 Å². The lowest BCUT2D eigenvalue weighted by atomic mass is 10.2. The highest BCUT2D eigenvalue weighted by Gasteiger charge is 2.23. The molecule has 1 N–H and O–H groups in total. The number of aromatic nitrogens is 3. The largest absolute Gasteiger partial charge is 0.494 e. The lowest BCUT2D eigenvalue weighted by Gasteiger charge is -2.23. The van der Waals surface area contributed by atoms with E-state index in [1.165, 1.54) is 4.57 Å². The molecule has 2 aromatic heterocycles. The third-order valence-corrected chi connectivity index (χ3v) is 4.20. The number of fused-ring (bicyclic) bond motifs is 1. The minimum Gasteiger partial charge on any atom is -0.494 e. The minimum atomic E-state index is -0.642. The summed E-state index contributed by atoms with van der Waals surface area (Å²) in [5.41, 5.74) is 0.00824. The molecule has 0 aliphatic rings. The Morgan fingerprint density at radius 1 is 1.20 bits per heavy atom. The molecule has 3 aromatic rings. The normalized spacial score (nSPS) is 12.4.